The third-order valence-electron chi connectivity index (χ3n) is 2.05. The molecule has 0 heterocycles. The van der Waals surface area contributed by atoms with E-state index in [4.69, 9.17) is 5.11 Å². The van der Waals surface area contributed by atoms with E-state index in [2.05, 4.69) is 5.32 Å². The van der Waals surface area contributed by atoms with Crippen LogP contribution in [0.1, 0.15) is 12.0 Å². The van der Waals surface area contributed by atoms with Crippen LogP contribution < -0.4 is 5.32 Å². The van der Waals surface area contributed by atoms with Crippen molar-refractivity contribution in [3.05, 3.63) is 35.9 Å². The summed E-state index contributed by atoms with van der Waals surface area (Å²) in [4.78, 5) is 0. The van der Waals surface area contributed by atoms with E-state index in [1.54, 1.807) is 18.2 Å². The molecule has 0 fully saturated rings. The highest BCUT2D eigenvalue weighted by Gasteiger charge is 2.30. The van der Waals surface area contributed by atoms with Crippen LogP contribution in [0.3, 0.4) is 0 Å². The first-order valence-electron chi connectivity index (χ1n) is 4.92. The fraction of sp³-hybridized carbons (Fsp3) is 0.455. The van der Waals surface area contributed by atoms with Gasteiger partial charge in [-0.3, -0.25) is 0 Å². The van der Waals surface area contributed by atoms with Crippen LogP contribution in [-0.4, -0.2) is 24.8 Å². The number of nitrogens with one attached hydrogen (secondary N) is 1. The second kappa shape index (κ2) is 5.78. The van der Waals surface area contributed by atoms with Gasteiger partial charge in [0.1, 0.15) is 0 Å². The molecule has 1 rings (SSSR count). The minimum absolute atomic E-state index is 0.0153. The SMILES string of the molecule is OCCCNCC(F)(F)c1ccccc1. The average molecular weight is 215 g/mol. The van der Waals surface area contributed by atoms with Gasteiger partial charge in [0.15, 0.2) is 0 Å². The second-order valence-electron chi connectivity index (χ2n) is 3.32. The predicted molar refractivity (Wildman–Crippen MR) is 54.9 cm³/mol. The predicted octanol–water partition coefficient (Wildman–Crippen LogP) is 1.75. The highest BCUT2D eigenvalue weighted by Crippen LogP contribution is 2.26. The number of rotatable bonds is 6. The molecule has 0 aliphatic rings. The lowest BCUT2D eigenvalue weighted by molar-refractivity contribution is -0.00322. The van der Waals surface area contributed by atoms with Crippen molar-refractivity contribution in [2.24, 2.45) is 0 Å². The molecule has 84 valence electrons. The Labute approximate surface area is 87.9 Å². The van der Waals surface area contributed by atoms with Crippen molar-refractivity contribution in [2.45, 2.75) is 12.3 Å². The van der Waals surface area contributed by atoms with Crippen LogP contribution in [0.4, 0.5) is 8.78 Å². The molecule has 0 aromatic heterocycles. The van der Waals surface area contributed by atoms with E-state index >= 15 is 0 Å². The minimum Gasteiger partial charge on any atom is -0.396 e. The van der Waals surface area contributed by atoms with Crippen molar-refractivity contribution < 1.29 is 13.9 Å². The van der Waals surface area contributed by atoms with Gasteiger partial charge < -0.3 is 10.4 Å². The Morgan fingerprint density at radius 2 is 1.87 bits per heavy atom. The number of halogens is 2. The van der Waals surface area contributed by atoms with Gasteiger partial charge in [-0.05, 0) is 13.0 Å². The summed E-state index contributed by atoms with van der Waals surface area (Å²) in [5.74, 6) is -2.85. The summed E-state index contributed by atoms with van der Waals surface area (Å²) in [6.45, 7) is 0.0276. The molecule has 0 aliphatic heterocycles. The number of hydrogen-bond donors (Lipinski definition) is 2. The van der Waals surface area contributed by atoms with Crippen molar-refractivity contribution in [1.29, 1.82) is 0 Å². The Bertz CT molecular complexity index is 277. The number of hydrogen-bond acceptors (Lipinski definition) is 2. The molecule has 1 aromatic carbocycles. The van der Waals surface area contributed by atoms with Crippen molar-refractivity contribution in [3.8, 4) is 0 Å². The summed E-state index contributed by atoms with van der Waals surface area (Å²) in [7, 11) is 0. The molecule has 0 saturated heterocycles. The van der Waals surface area contributed by atoms with Gasteiger partial charge >= 0.3 is 0 Å². The highest BCUT2D eigenvalue weighted by atomic mass is 19.3. The van der Waals surface area contributed by atoms with Crippen LogP contribution in [0.25, 0.3) is 0 Å². The number of aliphatic hydroxyl groups is 1. The Kier molecular flexibility index (Phi) is 4.65. The average Bonchev–Trinajstić information content (AvgIpc) is 2.26. The lowest BCUT2D eigenvalue weighted by Crippen LogP contribution is -2.31. The highest BCUT2D eigenvalue weighted by molar-refractivity contribution is 5.20. The summed E-state index contributed by atoms with van der Waals surface area (Å²) in [6, 6.07) is 7.72. The Morgan fingerprint density at radius 3 is 2.47 bits per heavy atom. The molecule has 0 spiro atoms. The van der Waals surface area contributed by atoms with E-state index in [1.807, 2.05) is 0 Å². The zero-order valence-electron chi connectivity index (χ0n) is 8.42. The fourth-order valence-electron chi connectivity index (χ4n) is 1.23. The molecule has 0 bridgehead atoms. The first kappa shape index (κ1) is 12.1. The molecule has 0 atom stereocenters. The quantitative estimate of drug-likeness (QED) is 0.708. The van der Waals surface area contributed by atoms with Crippen molar-refractivity contribution >= 4 is 0 Å². The van der Waals surface area contributed by atoms with Gasteiger partial charge in [-0.1, -0.05) is 30.3 Å². The molecule has 4 heteroatoms. The summed E-state index contributed by atoms with van der Waals surface area (Å²) in [5.41, 5.74) is 0.0153. The molecule has 0 aliphatic carbocycles. The third-order valence-corrected chi connectivity index (χ3v) is 2.05. The maximum absolute atomic E-state index is 13.5. The van der Waals surface area contributed by atoms with Crippen LogP contribution in [-0.2, 0) is 5.92 Å². The Balaban J connectivity index is 2.45. The second-order valence-corrected chi connectivity index (χ2v) is 3.32. The molecule has 0 amide bonds. The fourth-order valence-corrected chi connectivity index (χ4v) is 1.23. The molecule has 2 N–H and O–H groups in total. The van der Waals surface area contributed by atoms with E-state index in [9.17, 15) is 8.78 Å². The topological polar surface area (TPSA) is 32.3 Å². The largest absolute Gasteiger partial charge is 0.396 e. The first-order valence-corrected chi connectivity index (χ1v) is 4.92. The van der Waals surface area contributed by atoms with E-state index in [0.717, 1.165) is 0 Å². The van der Waals surface area contributed by atoms with Crippen LogP contribution in [0, 0.1) is 0 Å². The number of benzene rings is 1. The van der Waals surface area contributed by atoms with Crippen LogP contribution in [0.5, 0.6) is 0 Å². The summed E-state index contributed by atoms with van der Waals surface area (Å²) in [5, 5.41) is 11.1. The molecule has 0 saturated carbocycles. The zero-order chi connectivity index (χ0) is 11.1. The molecule has 0 unspecified atom stereocenters. The molecule has 1 aromatic rings. The molecule has 2 nitrogen and oxygen atoms in total. The lowest BCUT2D eigenvalue weighted by atomic mass is 10.1. The van der Waals surface area contributed by atoms with Crippen molar-refractivity contribution in [2.75, 3.05) is 19.7 Å². The normalized spacial score (nSPS) is 11.7. The first-order chi connectivity index (χ1) is 7.17. The van der Waals surface area contributed by atoms with Crippen LogP contribution in [0.2, 0.25) is 0 Å². The summed E-state index contributed by atoms with van der Waals surface area (Å²) in [6.07, 6.45) is 0.491. The standard InChI is InChI=1S/C11H15F2NO/c12-11(13,9-14-7-4-8-15)10-5-2-1-3-6-10/h1-3,5-6,14-15H,4,7-9H2. The van der Waals surface area contributed by atoms with Gasteiger partial charge in [0.25, 0.3) is 5.92 Å². The van der Waals surface area contributed by atoms with E-state index in [1.165, 1.54) is 12.1 Å². The Hall–Kier alpha value is -1.00. The molecule has 15 heavy (non-hydrogen) atoms. The summed E-state index contributed by atoms with van der Waals surface area (Å²) < 4.78 is 26.9. The van der Waals surface area contributed by atoms with Crippen LogP contribution >= 0.6 is 0 Å². The Morgan fingerprint density at radius 1 is 1.20 bits per heavy atom. The van der Waals surface area contributed by atoms with Gasteiger partial charge in [0, 0.05) is 12.2 Å². The van der Waals surface area contributed by atoms with Gasteiger partial charge in [0.2, 0.25) is 0 Å². The lowest BCUT2D eigenvalue weighted by Gasteiger charge is -2.17. The smallest absolute Gasteiger partial charge is 0.285 e. The summed E-state index contributed by atoms with van der Waals surface area (Å²) >= 11 is 0. The van der Waals surface area contributed by atoms with E-state index in [0.29, 0.717) is 13.0 Å². The maximum atomic E-state index is 13.5. The number of alkyl halides is 2. The van der Waals surface area contributed by atoms with E-state index in [-0.39, 0.29) is 12.2 Å². The zero-order valence-corrected chi connectivity index (χ0v) is 8.42. The van der Waals surface area contributed by atoms with E-state index < -0.39 is 12.5 Å². The van der Waals surface area contributed by atoms with Gasteiger partial charge in [-0.15, -0.1) is 0 Å². The van der Waals surface area contributed by atoms with Crippen molar-refractivity contribution in [1.82, 2.24) is 5.32 Å². The molecular weight excluding hydrogens is 200 g/mol. The maximum Gasteiger partial charge on any atom is 0.285 e. The van der Waals surface area contributed by atoms with Gasteiger partial charge in [0.05, 0.1) is 6.54 Å². The minimum atomic E-state index is -2.85. The molecule has 0 radical (unpaired) electrons. The number of aliphatic hydroxyl groups excluding tert-OH is 1. The van der Waals surface area contributed by atoms with Gasteiger partial charge in [-0.25, -0.2) is 0 Å². The monoisotopic (exact) mass is 215 g/mol. The van der Waals surface area contributed by atoms with Crippen LogP contribution in [0.15, 0.2) is 30.3 Å². The van der Waals surface area contributed by atoms with Gasteiger partial charge in [-0.2, -0.15) is 8.78 Å². The van der Waals surface area contributed by atoms with Crippen molar-refractivity contribution in [3.63, 3.8) is 0 Å². The third kappa shape index (κ3) is 3.93. The molecular formula is C11H15F2NO.